The van der Waals surface area contributed by atoms with Crippen molar-refractivity contribution in [2.45, 2.75) is 0 Å². The summed E-state index contributed by atoms with van der Waals surface area (Å²) in [5.41, 5.74) is 3.53. The maximum Gasteiger partial charge on any atom is 0.329 e. The van der Waals surface area contributed by atoms with E-state index in [1.165, 1.54) is 25.5 Å². The van der Waals surface area contributed by atoms with Gasteiger partial charge >= 0.3 is 11.8 Å². The Kier molecular flexibility index (Phi) is 8.90. The molecule has 3 N–H and O–H groups in total. The Morgan fingerprint density at radius 1 is 0.914 bits per heavy atom. The number of methoxy groups -OCH3 is 1. The molecule has 3 rings (SSSR count). The van der Waals surface area contributed by atoms with Crippen molar-refractivity contribution >= 4 is 51.2 Å². The van der Waals surface area contributed by atoms with Crippen LogP contribution in [0.25, 0.3) is 0 Å². The zero-order chi connectivity index (χ0) is 25.2. The second-order valence-corrected chi connectivity index (χ2v) is 7.83. The number of nitrogens with one attached hydrogen (secondary N) is 3. The maximum atomic E-state index is 12.9. The van der Waals surface area contributed by atoms with E-state index in [-0.39, 0.29) is 18.2 Å². The van der Waals surface area contributed by atoms with Crippen molar-refractivity contribution in [1.82, 2.24) is 5.43 Å². The van der Waals surface area contributed by atoms with Crippen molar-refractivity contribution in [3.8, 4) is 11.5 Å². The molecule has 0 aliphatic heterocycles. The zero-order valence-electron chi connectivity index (χ0n) is 18.4. The number of benzene rings is 3. The largest absolute Gasteiger partial charge is 0.493 e. The van der Waals surface area contributed by atoms with Crippen molar-refractivity contribution in [2.24, 2.45) is 5.10 Å². The average molecular weight is 543 g/mol. The lowest BCUT2D eigenvalue weighted by Crippen LogP contribution is -2.32. The molecule has 0 bridgehead atoms. The van der Waals surface area contributed by atoms with E-state index in [0.29, 0.717) is 22.7 Å². The molecule has 0 atom stereocenters. The van der Waals surface area contributed by atoms with Crippen molar-refractivity contribution < 1.29 is 28.2 Å². The van der Waals surface area contributed by atoms with Crippen molar-refractivity contribution in [3.05, 3.63) is 82.6 Å². The van der Waals surface area contributed by atoms with E-state index >= 15 is 0 Å². The minimum Gasteiger partial charge on any atom is -0.493 e. The van der Waals surface area contributed by atoms with Gasteiger partial charge in [-0.05, 0) is 72.3 Å². The van der Waals surface area contributed by atoms with Gasteiger partial charge in [0.05, 0.1) is 13.3 Å². The Labute approximate surface area is 208 Å². The number of hydrogen-bond donors (Lipinski definition) is 3. The summed E-state index contributed by atoms with van der Waals surface area (Å²) in [6, 6.07) is 16.9. The Bertz CT molecular complexity index is 1230. The fraction of sp³-hybridized carbons (Fsp3) is 0.0833. The molecule has 0 radical (unpaired) electrons. The van der Waals surface area contributed by atoms with Crippen LogP contribution in [0.2, 0.25) is 0 Å². The highest BCUT2D eigenvalue weighted by Gasteiger charge is 2.13. The monoisotopic (exact) mass is 542 g/mol. The van der Waals surface area contributed by atoms with Gasteiger partial charge in [-0.15, -0.1) is 0 Å². The van der Waals surface area contributed by atoms with Crippen LogP contribution in [0.15, 0.2) is 76.3 Å². The van der Waals surface area contributed by atoms with Gasteiger partial charge in [0.1, 0.15) is 5.82 Å². The molecule has 0 aromatic heterocycles. The third-order valence-corrected chi connectivity index (χ3v) is 4.89. The van der Waals surface area contributed by atoms with E-state index in [1.54, 1.807) is 42.5 Å². The van der Waals surface area contributed by atoms with Gasteiger partial charge in [0.2, 0.25) is 0 Å². The molecule has 0 saturated heterocycles. The van der Waals surface area contributed by atoms with Crippen LogP contribution in [-0.2, 0) is 14.4 Å². The molecule has 0 fully saturated rings. The number of nitrogens with zero attached hydrogens (tertiary/aromatic N) is 1. The lowest BCUT2D eigenvalue weighted by Gasteiger charge is -2.11. The Hall–Kier alpha value is -4.25. The molecule has 0 aliphatic carbocycles. The van der Waals surface area contributed by atoms with Gasteiger partial charge in [-0.25, -0.2) is 9.82 Å². The summed E-state index contributed by atoms with van der Waals surface area (Å²) < 4.78 is 24.6. The molecular weight excluding hydrogens is 523 g/mol. The summed E-state index contributed by atoms with van der Waals surface area (Å²) in [6.45, 7) is -0.237. The van der Waals surface area contributed by atoms with Gasteiger partial charge in [-0.3, -0.25) is 14.4 Å². The van der Waals surface area contributed by atoms with Crippen LogP contribution in [0.1, 0.15) is 5.56 Å². The van der Waals surface area contributed by atoms with Gasteiger partial charge < -0.3 is 20.1 Å². The normalized spacial score (nSPS) is 10.5. The summed E-state index contributed by atoms with van der Waals surface area (Å²) in [5.74, 6) is -2.11. The lowest BCUT2D eigenvalue weighted by molar-refractivity contribution is -0.136. The van der Waals surface area contributed by atoms with Crippen molar-refractivity contribution in [1.29, 1.82) is 0 Å². The van der Waals surface area contributed by atoms with Crippen molar-refractivity contribution in [3.63, 3.8) is 0 Å². The second kappa shape index (κ2) is 12.3. The summed E-state index contributed by atoms with van der Waals surface area (Å²) in [5, 5.41) is 8.78. The molecule has 0 aliphatic rings. The first-order valence-corrected chi connectivity index (χ1v) is 10.9. The first-order valence-electron chi connectivity index (χ1n) is 10.1. The summed E-state index contributed by atoms with van der Waals surface area (Å²) in [4.78, 5) is 35.9. The predicted octanol–water partition coefficient (Wildman–Crippen LogP) is 3.70. The van der Waals surface area contributed by atoms with E-state index in [2.05, 4.69) is 37.1 Å². The zero-order valence-corrected chi connectivity index (χ0v) is 20.0. The van der Waals surface area contributed by atoms with E-state index in [1.807, 2.05) is 0 Å². The van der Waals surface area contributed by atoms with Gasteiger partial charge in [0, 0.05) is 15.8 Å². The molecule has 35 heavy (non-hydrogen) atoms. The van der Waals surface area contributed by atoms with Crippen LogP contribution in [0.5, 0.6) is 11.5 Å². The highest BCUT2D eigenvalue weighted by atomic mass is 79.9. The molecular formula is C24H20BrFN4O5. The molecule has 11 heteroatoms. The van der Waals surface area contributed by atoms with Crippen LogP contribution in [0, 0.1) is 5.82 Å². The van der Waals surface area contributed by atoms with Gasteiger partial charge in [0.15, 0.2) is 18.1 Å². The molecule has 0 heterocycles. The summed E-state index contributed by atoms with van der Waals surface area (Å²) in [6.07, 6.45) is 1.30. The number of amides is 3. The fourth-order valence-electron chi connectivity index (χ4n) is 2.69. The van der Waals surface area contributed by atoms with E-state index in [4.69, 9.17) is 9.47 Å². The second-order valence-electron chi connectivity index (χ2n) is 6.91. The van der Waals surface area contributed by atoms with Crippen LogP contribution in [0.4, 0.5) is 15.8 Å². The third kappa shape index (κ3) is 7.93. The van der Waals surface area contributed by atoms with E-state index in [0.717, 1.165) is 16.6 Å². The fourth-order valence-corrected chi connectivity index (χ4v) is 2.96. The van der Waals surface area contributed by atoms with Crippen LogP contribution in [-0.4, -0.2) is 37.7 Å². The minimum absolute atomic E-state index is 0.237. The first kappa shape index (κ1) is 25.4. The molecule has 180 valence electrons. The van der Waals surface area contributed by atoms with Crippen LogP contribution >= 0.6 is 15.9 Å². The van der Waals surface area contributed by atoms with Crippen molar-refractivity contribution in [2.75, 3.05) is 24.4 Å². The van der Waals surface area contributed by atoms with E-state index in [9.17, 15) is 18.8 Å². The number of anilines is 2. The SMILES string of the molecule is COc1cc(/C=N\NC(=O)C(=O)Nc2ccc(F)cc2)ccc1OCC(=O)Nc1ccc(Br)cc1. The summed E-state index contributed by atoms with van der Waals surface area (Å²) >= 11 is 3.33. The number of ether oxygens (including phenoxy) is 2. The minimum atomic E-state index is -1.01. The smallest absolute Gasteiger partial charge is 0.329 e. The molecule has 3 amide bonds. The maximum absolute atomic E-state index is 12.9. The first-order chi connectivity index (χ1) is 16.8. The van der Waals surface area contributed by atoms with Crippen LogP contribution in [0.3, 0.4) is 0 Å². The van der Waals surface area contributed by atoms with Gasteiger partial charge in [-0.2, -0.15) is 5.10 Å². The highest BCUT2D eigenvalue weighted by molar-refractivity contribution is 9.10. The molecule has 0 spiro atoms. The quantitative estimate of drug-likeness (QED) is 0.228. The standard InChI is InChI=1S/C24H20BrFN4O5/c1-34-21-12-15(13-27-30-24(33)23(32)29-19-9-5-17(26)6-10-19)2-11-20(21)35-14-22(31)28-18-7-3-16(25)4-8-18/h2-13H,14H2,1H3,(H,28,31)(H,29,32)(H,30,33)/b27-13-. The number of halogens is 2. The van der Waals surface area contributed by atoms with E-state index < -0.39 is 17.6 Å². The Balaban J connectivity index is 1.51. The molecule has 9 nitrogen and oxygen atoms in total. The molecule has 0 saturated carbocycles. The molecule has 3 aromatic carbocycles. The highest BCUT2D eigenvalue weighted by Crippen LogP contribution is 2.27. The van der Waals surface area contributed by atoms with Crippen LogP contribution < -0.4 is 25.5 Å². The number of carbonyl (C=O) groups is 3. The number of rotatable bonds is 8. The van der Waals surface area contributed by atoms with Gasteiger partial charge in [0.25, 0.3) is 5.91 Å². The molecule has 3 aromatic rings. The number of hydrazone groups is 1. The number of hydrogen-bond acceptors (Lipinski definition) is 6. The van der Waals surface area contributed by atoms with Gasteiger partial charge in [-0.1, -0.05) is 15.9 Å². The number of carbonyl (C=O) groups excluding carboxylic acids is 3. The molecule has 0 unspecified atom stereocenters. The summed E-state index contributed by atoms with van der Waals surface area (Å²) in [7, 11) is 1.44. The Morgan fingerprint density at radius 2 is 1.57 bits per heavy atom. The predicted molar refractivity (Wildman–Crippen MR) is 132 cm³/mol. The third-order valence-electron chi connectivity index (χ3n) is 4.36. The Morgan fingerprint density at radius 3 is 2.26 bits per heavy atom. The topological polar surface area (TPSA) is 118 Å². The average Bonchev–Trinajstić information content (AvgIpc) is 2.85. The lowest BCUT2D eigenvalue weighted by atomic mass is 10.2.